The topological polar surface area (TPSA) is 114 Å². The number of rotatable bonds is 10. The van der Waals surface area contributed by atoms with Crippen LogP contribution in [0.1, 0.15) is 49.7 Å². The molecule has 6 nitrogen and oxygen atoms in total. The third kappa shape index (κ3) is 5.71. The largest absolute Gasteiger partial charge is 0.748 e. The van der Waals surface area contributed by atoms with E-state index in [9.17, 15) is 25.9 Å². The highest BCUT2D eigenvalue weighted by Gasteiger charge is 2.45. The van der Waals surface area contributed by atoms with E-state index in [-0.39, 0.29) is 18.3 Å². The quantitative estimate of drug-likeness (QED) is 0.277. The zero-order chi connectivity index (χ0) is 21.4. The molecule has 2 aromatic rings. The van der Waals surface area contributed by atoms with E-state index in [4.69, 9.17) is 0 Å². The Hall–Kier alpha value is 0.180. The highest BCUT2D eigenvalue weighted by Crippen LogP contribution is 2.60. The Kier molecular flexibility index (Phi) is 7.37. The van der Waals surface area contributed by atoms with Gasteiger partial charge in [0, 0.05) is 26.7 Å². The molecule has 162 valence electrons. The number of thiophene rings is 2. The van der Waals surface area contributed by atoms with Crippen molar-refractivity contribution >= 4 is 74.8 Å². The van der Waals surface area contributed by atoms with Gasteiger partial charge in [-0.1, -0.05) is 12.8 Å². The lowest BCUT2D eigenvalue weighted by atomic mass is 9.72. The summed E-state index contributed by atoms with van der Waals surface area (Å²) >= 11 is 10.4. The molecule has 0 bridgehead atoms. The maximum atomic E-state index is 11.0. The minimum Gasteiger partial charge on any atom is -0.748 e. The number of hydrogen-bond donors (Lipinski definition) is 0. The first-order valence-corrected chi connectivity index (χ1v) is 15.3. The van der Waals surface area contributed by atoms with Crippen LogP contribution in [-0.4, -0.2) is 37.4 Å². The Bertz CT molecular complexity index is 1010. The van der Waals surface area contributed by atoms with Crippen LogP contribution in [0.15, 0.2) is 19.7 Å². The SMILES string of the molecule is O=S(=O)([O-])CCCCC1(CCCCS(=O)(=O)[O-])c2cc(Br)sc2-c2sc(Br)cc21. The summed E-state index contributed by atoms with van der Waals surface area (Å²) in [5.74, 6) is -0.782. The van der Waals surface area contributed by atoms with E-state index in [1.54, 1.807) is 22.7 Å². The lowest BCUT2D eigenvalue weighted by Gasteiger charge is -2.31. The molecule has 0 atom stereocenters. The summed E-state index contributed by atoms with van der Waals surface area (Å²) in [5, 5.41) is 0. The summed E-state index contributed by atoms with van der Waals surface area (Å²) in [6.07, 6.45) is 2.98. The zero-order valence-electron chi connectivity index (χ0n) is 15.1. The molecule has 0 N–H and O–H groups in total. The van der Waals surface area contributed by atoms with Gasteiger partial charge in [-0.25, -0.2) is 16.8 Å². The van der Waals surface area contributed by atoms with Crippen molar-refractivity contribution < 1.29 is 25.9 Å². The summed E-state index contributed by atoms with van der Waals surface area (Å²) in [6, 6.07) is 4.16. The normalized spacial score (nSPS) is 15.4. The Morgan fingerprint density at radius 1 is 0.759 bits per heavy atom. The van der Waals surface area contributed by atoms with Crippen molar-refractivity contribution in [1.82, 2.24) is 0 Å². The van der Waals surface area contributed by atoms with Crippen LogP contribution < -0.4 is 0 Å². The molecule has 0 fully saturated rings. The molecule has 0 aromatic carbocycles. The van der Waals surface area contributed by atoms with Gasteiger partial charge < -0.3 is 9.11 Å². The van der Waals surface area contributed by atoms with Gasteiger partial charge in [-0.2, -0.15) is 0 Å². The predicted molar refractivity (Wildman–Crippen MR) is 121 cm³/mol. The van der Waals surface area contributed by atoms with Crippen LogP contribution in [0.4, 0.5) is 0 Å². The molecule has 0 saturated heterocycles. The highest BCUT2D eigenvalue weighted by atomic mass is 79.9. The lowest BCUT2D eigenvalue weighted by Crippen LogP contribution is -2.25. The number of fused-ring (bicyclic) bond motifs is 3. The number of unbranched alkanes of at least 4 members (excludes halogenated alkanes) is 2. The van der Waals surface area contributed by atoms with Gasteiger partial charge in [0.05, 0.1) is 27.8 Å². The van der Waals surface area contributed by atoms with Crippen molar-refractivity contribution in [3.8, 4) is 9.75 Å². The molecule has 0 aliphatic heterocycles. The van der Waals surface area contributed by atoms with Gasteiger partial charge in [0.15, 0.2) is 0 Å². The van der Waals surface area contributed by atoms with Gasteiger partial charge in [-0.05, 0) is 80.8 Å². The molecule has 0 radical (unpaired) electrons. The maximum Gasteiger partial charge on any atom is 0.0945 e. The van der Waals surface area contributed by atoms with Gasteiger partial charge in [0.2, 0.25) is 0 Å². The minimum atomic E-state index is -4.25. The Morgan fingerprint density at radius 2 is 1.14 bits per heavy atom. The second-order valence-corrected chi connectivity index (χ2v) is 15.0. The molecule has 0 saturated carbocycles. The average Bonchev–Trinajstić information content (AvgIpc) is 3.19. The molecule has 0 amide bonds. The molecule has 1 aliphatic rings. The third-order valence-electron chi connectivity index (χ3n) is 5.14. The predicted octanol–water partition coefficient (Wildman–Crippen LogP) is 5.03. The van der Waals surface area contributed by atoms with Crippen molar-refractivity contribution in [2.45, 2.75) is 43.9 Å². The van der Waals surface area contributed by atoms with Crippen LogP contribution >= 0.6 is 54.5 Å². The van der Waals surface area contributed by atoms with Crippen molar-refractivity contribution in [3.63, 3.8) is 0 Å². The van der Waals surface area contributed by atoms with E-state index in [1.807, 2.05) is 0 Å². The van der Waals surface area contributed by atoms with Crippen LogP contribution in [0.3, 0.4) is 0 Å². The first kappa shape index (κ1) is 23.8. The summed E-state index contributed by atoms with van der Waals surface area (Å²) in [5.41, 5.74) is 1.92. The van der Waals surface area contributed by atoms with Gasteiger partial charge in [-0.15, -0.1) is 22.7 Å². The Morgan fingerprint density at radius 3 is 1.48 bits per heavy atom. The maximum absolute atomic E-state index is 11.0. The summed E-state index contributed by atoms with van der Waals surface area (Å²) in [6.45, 7) is 0. The Labute approximate surface area is 195 Å². The van der Waals surface area contributed by atoms with E-state index >= 15 is 0 Å². The van der Waals surface area contributed by atoms with Crippen LogP contribution in [0, 0.1) is 0 Å². The smallest absolute Gasteiger partial charge is 0.0945 e. The minimum absolute atomic E-state index is 0.282. The summed E-state index contributed by atoms with van der Waals surface area (Å²) < 4.78 is 67.8. The van der Waals surface area contributed by atoms with E-state index in [1.165, 1.54) is 0 Å². The first-order chi connectivity index (χ1) is 13.4. The van der Waals surface area contributed by atoms with Gasteiger partial charge in [0.1, 0.15) is 0 Å². The Balaban J connectivity index is 1.89. The first-order valence-electron chi connectivity index (χ1n) is 8.88. The molecular weight excluding hydrogens is 588 g/mol. The molecule has 2 aromatic heterocycles. The summed E-state index contributed by atoms with van der Waals surface area (Å²) in [7, 11) is -8.50. The second kappa shape index (κ2) is 8.97. The number of halogens is 2. The van der Waals surface area contributed by atoms with Crippen LogP contribution in [0.2, 0.25) is 0 Å². The molecule has 0 spiro atoms. The standard InChI is InChI=1S/C17H20Br2O6S4/c18-13-9-11-15(26-13)16-12(10-14(19)27-16)17(11,5-1-3-7-28(20,21)22)6-2-4-8-29(23,24)25/h9-10H,1-8H2,(H,20,21,22)(H,23,24,25)/p-2. The third-order valence-corrected chi connectivity index (χ3v) is 10.2. The molecular formula is C17H18Br2O6S4-2. The second-order valence-electron chi connectivity index (χ2n) is 7.11. The zero-order valence-corrected chi connectivity index (χ0v) is 21.6. The molecule has 3 rings (SSSR count). The molecule has 1 aliphatic carbocycles. The van der Waals surface area contributed by atoms with E-state index in [0.29, 0.717) is 25.7 Å². The molecule has 0 unspecified atom stereocenters. The number of hydrogen-bond acceptors (Lipinski definition) is 8. The van der Waals surface area contributed by atoms with Gasteiger partial charge in [0.25, 0.3) is 0 Å². The van der Waals surface area contributed by atoms with Crippen molar-refractivity contribution in [2.75, 3.05) is 11.5 Å². The highest BCUT2D eigenvalue weighted by molar-refractivity contribution is 9.11. The summed E-state index contributed by atoms with van der Waals surface area (Å²) in [4.78, 5) is 2.32. The van der Waals surface area contributed by atoms with Crippen LogP contribution in [0.5, 0.6) is 0 Å². The average molecular weight is 606 g/mol. The van der Waals surface area contributed by atoms with Crippen molar-refractivity contribution in [2.24, 2.45) is 0 Å². The van der Waals surface area contributed by atoms with E-state index in [0.717, 1.165) is 28.5 Å². The van der Waals surface area contributed by atoms with Crippen LogP contribution in [-0.2, 0) is 25.7 Å². The van der Waals surface area contributed by atoms with Crippen LogP contribution in [0.25, 0.3) is 9.75 Å². The fourth-order valence-corrected chi connectivity index (χ4v) is 8.66. The molecule has 29 heavy (non-hydrogen) atoms. The fraction of sp³-hybridized carbons (Fsp3) is 0.529. The van der Waals surface area contributed by atoms with Gasteiger partial charge in [-0.3, -0.25) is 0 Å². The monoisotopic (exact) mass is 604 g/mol. The van der Waals surface area contributed by atoms with Crippen molar-refractivity contribution in [1.29, 1.82) is 0 Å². The fourth-order valence-electron chi connectivity index (χ4n) is 3.99. The van der Waals surface area contributed by atoms with E-state index in [2.05, 4.69) is 44.0 Å². The molecule has 12 heteroatoms. The van der Waals surface area contributed by atoms with Crippen molar-refractivity contribution in [3.05, 3.63) is 30.8 Å². The van der Waals surface area contributed by atoms with E-state index < -0.39 is 31.7 Å². The molecule has 2 heterocycles. The lowest BCUT2D eigenvalue weighted by molar-refractivity contribution is 0.408. The van der Waals surface area contributed by atoms with Gasteiger partial charge >= 0.3 is 0 Å².